The molecule has 1 heterocycles. The first-order valence-electron chi connectivity index (χ1n) is 6.37. The van der Waals surface area contributed by atoms with Crippen LogP contribution in [0.5, 0.6) is 0 Å². The van der Waals surface area contributed by atoms with E-state index in [1.165, 1.54) is 11.3 Å². The number of rotatable bonds is 4. The first-order valence-corrected chi connectivity index (χ1v) is 7.62. The number of hydrazone groups is 1. The molecule has 0 radical (unpaired) electrons. The molecule has 0 aliphatic carbocycles. The summed E-state index contributed by atoms with van der Waals surface area (Å²) in [5, 5.41) is 7.63. The Hall–Kier alpha value is -2.17. The van der Waals surface area contributed by atoms with Crippen molar-refractivity contribution in [2.45, 2.75) is 0 Å². The van der Waals surface area contributed by atoms with Gasteiger partial charge in [-0.1, -0.05) is 54.1 Å². The summed E-state index contributed by atoms with van der Waals surface area (Å²) in [6, 6.07) is 17.6. The predicted octanol–water partition coefficient (Wildman–Crippen LogP) is 4.91. The number of aromatic nitrogens is 1. The van der Waals surface area contributed by atoms with E-state index >= 15 is 0 Å². The maximum Gasteiger partial charge on any atom is 0.203 e. The molecule has 2 aromatic carbocycles. The molecule has 3 rings (SSSR count). The zero-order chi connectivity index (χ0) is 14.5. The molecule has 3 nitrogen and oxygen atoms in total. The summed E-state index contributed by atoms with van der Waals surface area (Å²) in [4.78, 5) is 4.50. The highest BCUT2D eigenvalue weighted by Crippen LogP contribution is 2.24. The summed E-state index contributed by atoms with van der Waals surface area (Å²) < 4.78 is 0. The van der Waals surface area contributed by atoms with Gasteiger partial charge in [-0.3, -0.25) is 5.43 Å². The molecule has 1 aromatic heterocycles. The first-order chi connectivity index (χ1) is 10.3. The van der Waals surface area contributed by atoms with Crippen LogP contribution in [0.15, 0.2) is 65.1 Å². The minimum absolute atomic E-state index is 0.694. The van der Waals surface area contributed by atoms with Crippen molar-refractivity contribution in [2.75, 3.05) is 5.43 Å². The van der Waals surface area contributed by atoms with E-state index < -0.39 is 0 Å². The van der Waals surface area contributed by atoms with Crippen LogP contribution in [0, 0.1) is 0 Å². The van der Waals surface area contributed by atoms with Crippen molar-refractivity contribution in [3.63, 3.8) is 0 Å². The number of hydrogen-bond acceptors (Lipinski definition) is 4. The van der Waals surface area contributed by atoms with Crippen molar-refractivity contribution >= 4 is 34.3 Å². The van der Waals surface area contributed by atoms with Gasteiger partial charge in [0, 0.05) is 16.0 Å². The topological polar surface area (TPSA) is 37.3 Å². The van der Waals surface area contributed by atoms with E-state index in [0.29, 0.717) is 5.02 Å². The van der Waals surface area contributed by atoms with Crippen LogP contribution in [0.1, 0.15) is 5.56 Å². The van der Waals surface area contributed by atoms with E-state index in [1.54, 1.807) is 6.21 Å². The summed E-state index contributed by atoms with van der Waals surface area (Å²) >= 11 is 7.44. The molecule has 0 aliphatic heterocycles. The SMILES string of the molecule is Clc1cccc(C=NNc2nc(-c3ccccc3)cs2)c1. The van der Waals surface area contributed by atoms with E-state index in [4.69, 9.17) is 11.6 Å². The smallest absolute Gasteiger partial charge is 0.203 e. The molecule has 21 heavy (non-hydrogen) atoms. The number of nitrogens with one attached hydrogen (secondary N) is 1. The van der Waals surface area contributed by atoms with Crippen LogP contribution in [0.2, 0.25) is 5.02 Å². The molecule has 0 saturated heterocycles. The lowest BCUT2D eigenvalue weighted by atomic mass is 10.2. The van der Waals surface area contributed by atoms with Crippen LogP contribution in [0.4, 0.5) is 5.13 Å². The average Bonchev–Trinajstić information content (AvgIpc) is 2.97. The summed E-state index contributed by atoms with van der Waals surface area (Å²) in [6.07, 6.45) is 1.72. The Bertz CT molecular complexity index is 753. The molecule has 0 saturated carbocycles. The number of halogens is 1. The zero-order valence-electron chi connectivity index (χ0n) is 11.0. The molecular formula is C16H12ClN3S. The van der Waals surface area contributed by atoms with Crippen molar-refractivity contribution in [3.8, 4) is 11.3 Å². The van der Waals surface area contributed by atoms with Gasteiger partial charge in [-0.25, -0.2) is 4.98 Å². The van der Waals surface area contributed by atoms with Gasteiger partial charge in [-0.05, 0) is 17.7 Å². The Balaban J connectivity index is 1.68. The second-order valence-electron chi connectivity index (χ2n) is 4.33. The van der Waals surface area contributed by atoms with Crippen molar-refractivity contribution < 1.29 is 0 Å². The van der Waals surface area contributed by atoms with E-state index in [0.717, 1.165) is 22.0 Å². The molecule has 0 aliphatic rings. The lowest BCUT2D eigenvalue weighted by molar-refractivity contribution is 1.29. The van der Waals surface area contributed by atoms with Crippen LogP contribution in [0.25, 0.3) is 11.3 Å². The highest BCUT2D eigenvalue weighted by Gasteiger charge is 2.02. The van der Waals surface area contributed by atoms with Gasteiger partial charge >= 0.3 is 0 Å². The lowest BCUT2D eigenvalue weighted by Crippen LogP contribution is -1.90. The summed E-state index contributed by atoms with van der Waals surface area (Å²) in [7, 11) is 0. The maximum atomic E-state index is 5.92. The largest absolute Gasteiger partial charge is 0.253 e. The fraction of sp³-hybridized carbons (Fsp3) is 0. The standard InChI is InChI=1S/C16H12ClN3S/c17-14-8-4-5-12(9-14)10-18-20-16-19-15(11-21-16)13-6-2-1-3-7-13/h1-11H,(H,19,20). The monoisotopic (exact) mass is 313 g/mol. The van der Waals surface area contributed by atoms with Gasteiger partial charge < -0.3 is 0 Å². The van der Waals surface area contributed by atoms with E-state index in [2.05, 4.69) is 15.5 Å². The summed E-state index contributed by atoms with van der Waals surface area (Å²) in [5.41, 5.74) is 5.92. The minimum Gasteiger partial charge on any atom is -0.253 e. The van der Waals surface area contributed by atoms with Gasteiger partial charge in [0.1, 0.15) is 0 Å². The number of nitrogens with zero attached hydrogens (tertiary/aromatic N) is 2. The highest BCUT2D eigenvalue weighted by molar-refractivity contribution is 7.14. The number of benzene rings is 2. The molecule has 1 N–H and O–H groups in total. The molecule has 5 heteroatoms. The van der Waals surface area contributed by atoms with Crippen LogP contribution in [-0.4, -0.2) is 11.2 Å². The van der Waals surface area contributed by atoms with Gasteiger partial charge in [-0.2, -0.15) is 5.10 Å². The molecule has 0 bridgehead atoms. The van der Waals surface area contributed by atoms with Crippen LogP contribution in [-0.2, 0) is 0 Å². The third kappa shape index (κ3) is 3.68. The van der Waals surface area contributed by atoms with Crippen LogP contribution >= 0.6 is 22.9 Å². The van der Waals surface area contributed by atoms with Gasteiger partial charge in [0.05, 0.1) is 11.9 Å². The molecule has 3 aromatic rings. The Kier molecular flexibility index (Phi) is 4.28. The lowest BCUT2D eigenvalue weighted by Gasteiger charge is -1.96. The quantitative estimate of drug-likeness (QED) is 0.549. The summed E-state index contributed by atoms with van der Waals surface area (Å²) in [6.45, 7) is 0. The maximum absolute atomic E-state index is 5.92. The predicted molar refractivity (Wildman–Crippen MR) is 90.2 cm³/mol. The first kappa shape index (κ1) is 13.8. The zero-order valence-corrected chi connectivity index (χ0v) is 12.6. The van der Waals surface area contributed by atoms with Crippen LogP contribution < -0.4 is 5.43 Å². The van der Waals surface area contributed by atoms with Crippen molar-refractivity contribution in [1.29, 1.82) is 0 Å². The van der Waals surface area contributed by atoms with Gasteiger partial charge in [0.2, 0.25) is 5.13 Å². The van der Waals surface area contributed by atoms with Gasteiger partial charge in [0.15, 0.2) is 0 Å². The Morgan fingerprint density at radius 1 is 1.10 bits per heavy atom. The van der Waals surface area contributed by atoms with E-state index in [9.17, 15) is 0 Å². The fourth-order valence-electron chi connectivity index (χ4n) is 1.82. The van der Waals surface area contributed by atoms with E-state index in [1.807, 2.05) is 60.0 Å². The Labute approximate surface area is 131 Å². The highest BCUT2D eigenvalue weighted by atomic mass is 35.5. The molecule has 0 fully saturated rings. The second-order valence-corrected chi connectivity index (χ2v) is 5.62. The second kappa shape index (κ2) is 6.52. The van der Waals surface area contributed by atoms with Crippen molar-refractivity contribution in [3.05, 3.63) is 70.6 Å². The molecular weight excluding hydrogens is 302 g/mol. The Morgan fingerprint density at radius 3 is 2.76 bits per heavy atom. The number of hydrogen-bond donors (Lipinski definition) is 1. The average molecular weight is 314 g/mol. The fourth-order valence-corrected chi connectivity index (χ4v) is 2.68. The van der Waals surface area contributed by atoms with Crippen molar-refractivity contribution in [1.82, 2.24) is 4.98 Å². The number of anilines is 1. The third-order valence-electron chi connectivity index (χ3n) is 2.80. The Morgan fingerprint density at radius 2 is 1.95 bits per heavy atom. The minimum atomic E-state index is 0.694. The molecule has 104 valence electrons. The van der Waals surface area contributed by atoms with Crippen LogP contribution in [0.3, 0.4) is 0 Å². The normalized spacial score (nSPS) is 10.9. The van der Waals surface area contributed by atoms with Crippen molar-refractivity contribution in [2.24, 2.45) is 5.10 Å². The van der Waals surface area contributed by atoms with E-state index in [-0.39, 0.29) is 0 Å². The molecule has 0 unspecified atom stereocenters. The third-order valence-corrected chi connectivity index (χ3v) is 3.78. The van der Waals surface area contributed by atoms with Gasteiger partial charge in [0.25, 0.3) is 0 Å². The summed E-state index contributed by atoms with van der Waals surface area (Å²) in [5.74, 6) is 0. The molecule has 0 spiro atoms. The van der Waals surface area contributed by atoms with Gasteiger partial charge in [-0.15, -0.1) is 11.3 Å². The number of thiazole rings is 1. The molecule has 0 atom stereocenters. The molecule has 0 amide bonds.